The van der Waals surface area contributed by atoms with Gasteiger partial charge in [-0.15, -0.1) is 0 Å². The van der Waals surface area contributed by atoms with E-state index in [2.05, 4.69) is 10.6 Å². The van der Waals surface area contributed by atoms with E-state index in [-0.39, 0.29) is 18.5 Å². The maximum atomic E-state index is 12.1. The second-order valence-corrected chi connectivity index (χ2v) is 4.49. The quantitative estimate of drug-likeness (QED) is 0.801. The van der Waals surface area contributed by atoms with Gasteiger partial charge in [-0.05, 0) is 26.0 Å². The highest BCUT2D eigenvalue weighted by Gasteiger charge is 2.28. The van der Waals surface area contributed by atoms with Crippen LogP contribution >= 0.6 is 0 Å². The van der Waals surface area contributed by atoms with Crippen molar-refractivity contribution < 1.29 is 19.1 Å². The Hall–Kier alpha value is -2.08. The van der Waals surface area contributed by atoms with Gasteiger partial charge in [0.15, 0.2) is 0 Å². The molecular formula is C14H18N2O4. The molecule has 108 valence electrons. The molecule has 0 radical (unpaired) electrons. The highest BCUT2D eigenvalue weighted by Crippen LogP contribution is 2.26. The van der Waals surface area contributed by atoms with E-state index in [9.17, 15) is 9.59 Å². The number of fused-ring (bicyclic) bond motifs is 1. The summed E-state index contributed by atoms with van der Waals surface area (Å²) in [5, 5.41) is 5.69. The number of esters is 1. The minimum Gasteiger partial charge on any atom is -0.489 e. The predicted octanol–water partition coefficient (Wildman–Crippen LogP) is 0.927. The molecule has 1 aliphatic heterocycles. The molecule has 2 N–H and O–H groups in total. The SMILES string of the molecule is CCOC(=O)C(C)N[C@H]1COc2ccccc2NC1=O. The molecule has 0 aliphatic carbocycles. The molecule has 6 heteroatoms. The number of hydrogen-bond donors (Lipinski definition) is 2. The summed E-state index contributed by atoms with van der Waals surface area (Å²) in [6.45, 7) is 3.86. The van der Waals surface area contributed by atoms with Gasteiger partial charge in [-0.2, -0.15) is 0 Å². The van der Waals surface area contributed by atoms with Crippen molar-refractivity contribution in [2.75, 3.05) is 18.5 Å². The third-order valence-corrected chi connectivity index (χ3v) is 2.96. The molecule has 0 saturated carbocycles. The van der Waals surface area contributed by atoms with Crippen molar-refractivity contribution in [1.82, 2.24) is 5.32 Å². The first-order chi connectivity index (χ1) is 9.61. The fourth-order valence-corrected chi connectivity index (χ4v) is 1.93. The molecule has 1 unspecified atom stereocenters. The summed E-state index contributed by atoms with van der Waals surface area (Å²) in [4.78, 5) is 23.7. The lowest BCUT2D eigenvalue weighted by Crippen LogP contribution is -2.50. The second-order valence-electron chi connectivity index (χ2n) is 4.49. The molecule has 0 spiro atoms. The number of carbonyl (C=O) groups is 2. The van der Waals surface area contributed by atoms with Crippen LogP contribution in [0.3, 0.4) is 0 Å². The normalized spacial score (nSPS) is 19.1. The standard InChI is InChI=1S/C14H18N2O4/c1-3-19-14(18)9(2)15-11-8-20-12-7-5-4-6-10(12)16-13(11)17/h4-7,9,11,15H,3,8H2,1-2H3,(H,16,17)/t9?,11-/m0/s1. The van der Waals surface area contributed by atoms with E-state index in [1.807, 2.05) is 12.1 Å². The summed E-state index contributed by atoms with van der Waals surface area (Å²) < 4.78 is 10.5. The third-order valence-electron chi connectivity index (χ3n) is 2.96. The summed E-state index contributed by atoms with van der Waals surface area (Å²) in [5.74, 6) is 0.00194. The van der Waals surface area contributed by atoms with Crippen LogP contribution in [-0.4, -0.2) is 37.2 Å². The molecule has 20 heavy (non-hydrogen) atoms. The Balaban J connectivity index is 2.01. The van der Waals surface area contributed by atoms with Gasteiger partial charge in [0.1, 0.15) is 24.4 Å². The van der Waals surface area contributed by atoms with Crippen LogP contribution in [0, 0.1) is 0 Å². The van der Waals surface area contributed by atoms with Crippen LogP contribution in [0.15, 0.2) is 24.3 Å². The van der Waals surface area contributed by atoms with Crippen molar-refractivity contribution in [3.05, 3.63) is 24.3 Å². The van der Waals surface area contributed by atoms with Gasteiger partial charge in [0.2, 0.25) is 5.91 Å². The van der Waals surface area contributed by atoms with Crippen LogP contribution in [-0.2, 0) is 14.3 Å². The van der Waals surface area contributed by atoms with Gasteiger partial charge in [0, 0.05) is 0 Å². The molecule has 1 aromatic carbocycles. The van der Waals surface area contributed by atoms with Gasteiger partial charge in [-0.3, -0.25) is 14.9 Å². The van der Waals surface area contributed by atoms with Crippen molar-refractivity contribution in [3.8, 4) is 5.75 Å². The van der Waals surface area contributed by atoms with Crippen molar-refractivity contribution in [2.45, 2.75) is 25.9 Å². The average molecular weight is 278 g/mol. The minimum atomic E-state index is -0.609. The van der Waals surface area contributed by atoms with Gasteiger partial charge < -0.3 is 14.8 Å². The third kappa shape index (κ3) is 3.27. The molecule has 2 atom stereocenters. The lowest BCUT2D eigenvalue weighted by molar-refractivity contribution is -0.145. The molecule has 0 fully saturated rings. The average Bonchev–Trinajstić information content (AvgIpc) is 2.59. The summed E-state index contributed by atoms with van der Waals surface area (Å²) in [6.07, 6.45) is 0. The highest BCUT2D eigenvalue weighted by atomic mass is 16.5. The van der Waals surface area contributed by atoms with Crippen LogP contribution in [0.5, 0.6) is 5.75 Å². The van der Waals surface area contributed by atoms with Crippen LogP contribution in [0.25, 0.3) is 0 Å². The van der Waals surface area contributed by atoms with Crippen molar-refractivity contribution in [2.24, 2.45) is 0 Å². The molecule has 0 bridgehead atoms. The predicted molar refractivity (Wildman–Crippen MR) is 73.6 cm³/mol. The largest absolute Gasteiger partial charge is 0.489 e. The lowest BCUT2D eigenvalue weighted by atomic mass is 10.2. The summed E-state index contributed by atoms with van der Waals surface area (Å²) in [6, 6.07) is 6.02. The Morgan fingerprint density at radius 1 is 1.55 bits per heavy atom. The van der Waals surface area contributed by atoms with Crippen molar-refractivity contribution in [3.63, 3.8) is 0 Å². The fourth-order valence-electron chi connectivity index (χ4n) is 1.93. The van der Waals surface area contributed by atoms with Crippen molar-refractivity contribution in [1.29, 1.82) is 0 Å². The molecule has 1 amide bonds. The number of para-hydroxylation sites is 2. The monoisotopic (exact) mass is 278 g/mol. The minimum absolute atomic E-state index is 0.159. The van der Waals surface area contributed by atoms with E-state index in [4.69, 9.17) is 9.47 Å². The van der Waals surface area contributed by atoms with E-state index < -0.39 is 12.1 Å². The zero-order valence-electron chi connectivity index (χ0n) is 11.5. The van der Waals surface area contributed by atoms with Crippen LogP contribution in [0.4, 0.5) is 5.69 Å². The van der Waals surface area contributed by atoms with E-state index in [1.54, 1.807) is 26.0 Å². The number of ether oxygens (including phenoxy) is 2. The van der Waals surface area contributed by atoms with E-state index in [1.165, 1.54) is 0 Å². The number of carbonyl (C=O) groups excluding carboxylic acids is 2. The van der Waals surface area contributed by atoms with Gasteiger partial charge in [0.25, 0.3) is 0 Å². The zero-order valence-corrected chi connectivity index (χ0v) is 11.5. The lowest BCUT2D eigenvalue weighted by Gasteiger charge is -2.19. The number of amides is 1. The van der Waals surface area contributed by atoms with E-state index >= 15 is 0 Å². The molecule has 0 saturated heterocycles. The number of anilines is 1. The van der Waals surface area contributed by atoms with Crippen LogP contribution in [0.2, 0.25) is 0 Å². The Bertz CT molecular complexity index is 504. The molecule has 1 aliphatic rings. The molecular weight excluding hydrogens is 260 g/mol. The molecule has 2 rings (SSSR count). The number of nitrogens with one attached hydrogen (secondary N) is 2. The van der Waals surface area contributed by atoms with Crippen LogP contribution in [0.1, 0.15) is 13.8 Å². The maximum absolute atomic E-state index is 12.1. The Kier molecular flexibility index (Phi) is 4.57. The number of hydrogen-bond acceptors (Lipinski definition) is 5. The maximum Gasteiger partial charge on any atom is 0.322 e. The van der Waals surface area contributed by atoms with E-state index in [0.29, 0.717) is 18.0 Å². The first-order valence-corrected chi connectivity index (χ1v) is 6.57. The first-order valence-electron chi connectivity index (χ1n) is 6.57. The Morgan fingerprint density at radius 3 is 3.05 bits per heavy atom. The molecule has 1 heterocycles. The topological polar surface area (TPSA) is 76.7 Å². The highest BCUT2D eigenvalue weighted by molar-refractivity contribution is 5.97. The smallest absolute Gasteiger partial charge is 0.322 e. The summed E-state index contributed by atoms with van der Waals surface area (Å²) in [5.41, 5.74) is 0.630. The summed E-state index contributed by atoms with van der Waals surface area (Å²) in [7, 11) is 0. The van der Waals surface area contributed by atoms with Gasteiger partial charge >= 0.3 is 5.97 Å². The van der Waals surface area contributed by atoms with Gasteiger partial charge in [-0.25, -0.2) is 0 Å². The van der Waals surface area contributed by atoms with E-state index in [0.717, 1.165) is 0 Å². The van der Waals surface area contributed by atoms with Gasteiger partial charge in [0.05, 0.1) is 12.3 Å². The molecule has 1 aromatic rings. The number of rotatable bonds is 4. The first kappa shape index (κ1) is 14.3. The molecule has 6 nitrogen and oxygen atoms in total. The second kappa shape index (κ2) is 6.38. The zero-order chi connectivity index (χ0) is 14.5. The molecule has 0 aromatic heterocycles. The van der Waals surface area contributed by atoms with Crippen molar-refractivity contribution >= 4 is 17.6 Å². The number of benzene rings is 1. The summed E-state index contributed by atoms with van der Waals surface area (Å²) >= 11 is 0. The Labute approximate surface area is 117 Å². The van der Waals surface area contributed by atoms with Crippen LogP contribution < -0.4 is 15.4 Å². The van der Waals surface area contributed by atoms with Gasteiger partial charge in [-0.1, -0.05) is 12.1 Å². The fraction of sp³-hybridized carbons (Fsp3) is 0.429. The Morgan fingerprint density at radius 2 is 2.30 bits per heavy atom.